The number of carboxylic acid groups (broad SMARTS) is 1. The van der Waals surface area contributed by atoms with Gasteiger partial charge in [0.25, 0.3) is 0 Å². The Kier molecular flexibility index (Phi) is 4.32. The number of nitrogens with one attached hydrogen (secondary N) is 1. The molecule has 1 saturated carbocycles. The molecule has 1 saturated heterocycles. The molecule has 19 heavy (non-hydrogen) atoms. The summed E-state index contributed by atoms with van der Waals surface area (Å²) in [6.45, 7) is 3.52. The highest BCUT2D eigenvalue weighted by Crippen LogP contribution is 2.34. The van der Waals surface area contributed by atoms with E-state index in [4.69, 9.17) is 0 Å². The largest absolute Gasteiger partial charge is 0.481 e. The highest BCUT2D eigenvalue weighted by molar-refractivity contribution is 5.79. The van der Waals surface area contributed by atoms with E-state index in [0.29, 0.717) is 31.8 Å². The van der Waals surface area contributed by atoms with Crippen molar-refractivity contribution < 1.29 is 14.7 Å². The lowest BCUT2D eigenvalue weighted by atomic mass is 9.84. The van der Waals surface area contributed by atoms with E-state index in [1.165, 1.54) is 25.7 Å². The van der Waals surface area contributed by atoms with Gasteiger partial charge in [-0.2, -0.15) is 0 Å². The fourth-order valence-corrected chi connectivity index (χ4v) is 3.22. The maximum absolute atomic E-state index is 12.1. The summed E-state index contributed by atoms with van der Waals surface area (Å²) in [6, 6.07) is -0.0940. The molecule has 0 aromatic carbocycles. The van der Waals surface area contributed by atoms with Crippen LogP contribution in [-0.2, 0) is 4.79 Å². The third-order valence-electron chi connectivity index (χ3n) is 4.79. The molecule has 1 aliphatic heterocycles. The van der Waals surface area contributed by atoms with E-state index in [1.54, 1.807) is 4.90 Å². The second-order valence-corrected chi connectivity index (χ2v) is 5.95. The average molecular weight is 268 g/mol. The number of carbonyl (C=O) groups is 2. The fourth-order valence-electron chi connectivity index (χ4n) is 3.22. The Morgan fingerprint density at radius 1 is 1.37 bits per heavy atom. The number of urea groups is 1. The normalized spacial score (nSPS) is 27.7. The molecule has 2 N–H and O–H groups in total. The van der Waals surface area contributed by atoms with Crippen molar-refractivity contribution in [2.24, 2.45) is 11.3 Å². The van der Waals surface area contributed by atoms with Gasteiger partial charge < -0.3 is 15.3 Å². The molecule has 2 rings (SSSR count). The number of aliphatic carboxylic acids is 1. The standard InChI is InChI=1S/C14H24N2O3/c1-2-14(12(17)18)7-8-16(10-14)13(19)15-9-11-5-3-4-6-11/h11H,2-10H2,1H3,(H,15,19)(H,17,18). The van der Waals surface area contributed by atoms with Crippen molar-refractivity contribution in [3.8, 4) is 0 Å². The highest BCUT2D eigenvalue weighted by atomic mass is 16.4. The van der Waals surface area contributed by atoms with Crippen molar-refractivity contribution >= 4 is 12.0 Å². The number of nitrogens with zero attached hydrogens (tertiary/aromatic N) is 1. The van der Waals surface area contributed by atoms with E-state index >= 15 is 0 Å². The first kappa shape index (κ1) is 14.2. The molecule has 0 aromatic heterocycles. The van der Waals surface area contributed by atoms with Gasteiger partial charge in [0.1, 0.15) is 0 Å². The highest BCUT2D eigenvalue weighted by Gasteiger charge is 2.44. The lowest BCUT2D eigenvalue weighted by Gasteiger charge is -2.23. The third-order valence-corrected chi connectivity index (χ3v) is 4.79. The monoisotopic (exact) mass is 268 g/mol. The van der Waals surface area contributed by atoms with Crippen LogP contribution < -0.4 is 5.32 Å². The molecule has 1 atom stereocenters. The van der Waals surface area contributed by atoms with Crippen LogP contribution in [0.25, 0.3) is 0 Å². The molecule has 1 aliphatic carbocycles. The smallest absolute Gasteiger partial charge is 0.317 e. The number of likely N-dealkylation sites (tertiary alicyclic amines) is 1. The lowest BCUT2D eigenvalue weighted by molar-refractivity contribution is -0.148. The molecule has 0 spiro atoms. The summed E-state index contributed by atoms with van der Waals surface area (Å²) in [5.74, 6) is -0.164. The van der Waals surface area contributed by atoms with Crippen molar-refractivity contribution in [2.45, 2.75) is 45.4 Å². The number of carbonyl (C=O) groups excluding carboxylic acids is 1. The molecule has 5 heteroatoms. The summed E-state index contributed by atoms with van der Waals surface area (Å²) in [7, 11) is 0. The Bertz CT molecular complexity index is 353. The number of hydrogen-bond donors (Lipinski definition) is 2. The van der Waals surface area contributed by atoms with Crippen LogP contribution in [0.15, 0.2) is 0 Å². The van der Waals surface area contributed by atoms with E-state index in [-0.39, 0.29) is 6.03 Å². The molecule has 1 heterocycles. The van der Waals surface area contributed by atoms with Crippen molar-refractivity contribution in [3.63, 3.8) is 0 Å². The van der Waals surface area contributed by atoms with Crippen molar-refractivity contribution in [1.82, 2.24) is 10.2 Å². The van der Waals surface area contributed by atoms with Crippen molar-refractivity contribution in [1.29, 1.82) is 0 Å². The van der Waals surface area contributed by atoms with Gasteiger partial charge in [0.2, 0.25) is 0 Å². The van der Waals surface area contributed by atoms with Crippen LogP contribution in [0.4, 0.5) is 4.79 Å². The van der Waals surface area contributed by atoms with Crippen LogP contribution in [0.5, 0.6) is 0 Å². The van der Waals surface area contributed by atoms with Crippen LogP contribution >= 0.6 is 0 Å². The summed E-state index contributed by atoms with van der Waals surface area (Å²) in [5.41, 5.74) is -0.731. The zero-order valence-electron chi connectivity index (χ0n) is 11.7. The van der Waals surface area contributed by atoms with Crippen LogP contribution in [0, 0.1) is 11.3 Å². The lowest BCUT2D eigenvalue weighted by Crippen LogP contribution is -2.42. The Balaban J connectivity index is 1.82. The molecule has 5 nitrogen and oxygen atoms in total. The number of rotatable bonds is 4. The van der Waals surface area contributed by atoms with Gasteiger partial charge in [-0.15, -0.1) is 0 Å². The van der Waals surface area contributed by atoms with Crippen LogP contribution in [0.3, 0.4) is 0 Å². The van der Waals surface area contributed by atoms with E-state index < -0.39 is 11.4 Å². The maximum Gasteiger partial charge on any atom is 0.317 e. The Morgan fingerprint density at radius 3 is 2.58 bits per heavy atom. The van der Waals surface area contributed by atoms with Gasteiger partial charge in [-0.05, 0) is 31.6 Å². The van der Waals surface area contributed by atoms with E-state index in [0.717, 1.165) is 6.54 Å². The predicted molar refractivity (Wildman–Crippen MR) is 71.9 cm³/mol. The van der Waals surface area contributed by atoms with E-state index in [2.05, 4.69) is 5.32 Å². The fraction of sp³-hybridized carbons (Fsp3) is 0.857. The maximum atomic E-state index is 12.1. The van der Waals surface area contributed by atoms with Gasteiger partial charge in [0, 0.05) is 19.6 Å². The summed E-state index contributed by atoms with van der Waals surface area (Å²) >= 11 is 0. The predicted octanol–water partition coefficient (Wildman–Crippen LogP) is 2.07. The number of hydrogen-bond acceptors (Lipinski definition) is 2. The minimum Gasteiger partial charge on any atom is -0.481 e. The minimum atomic E-state index is -0.777. The number of carboxylic acids is 1. The second-order valence-electron chi connectivity index (χ2n) is 5.95. The van der Waals surface area contributed by atoms with Crippen molar-refractivity contribution in [2.75, 3.05) is 19.6 Å². The summed E-state index contributed by atoms with van der Waals surface area (Å²) in [6.07, 6.45) is 6.08. The molecular weight excluding hydrogens is 244 g/mol. The molecule has 2 fully saturated rings. The zero-order valence-corrected chi connectivity index (χ0v) is 11.7. The van der Waals surface area contributed by atoms with Gasteiger partial charge in [0.15, 0.2) is 0 Å². The molecule has 2 amide bonds. The molecule has 0 radical (unpaired) electrons. The third kappa shape index (κ3) is 3.01. The van der Waals surface area contributed by atoms with Crippen LogP contribution in [0.2, 0.25) is 0 Å². The Hall–Kier alpha value is -1.26. The molecule has 2 aliphatic rings. The zero-order chi connectivity index (χ0) is 13.9. The average Bonchev–Trinajstić information content (AvgIpc) is 3.05. The molecule has 108 valence electrons. The van der Waals surface area contributed by atoms with Gasteiger partial charge in [0.05, 0.1) is 5.41 Å². The first-order valence-electron chi connectivity index (χ1n) is 7.33. The molecule has 0 bridgehead atoms. The summed E-state index contributed by atoms with van der Waals surface area (Å²) in [4.78, 5) is 25.0. The van der Waals surface area contributed by atoms with Crippen LogP contribution in [-0.4, -0.2) is 41.6 Å². The first-order valence-corrected chi connectivity index (χ1v) is 7.33. The first-order chi connectivity index (χ1) is 9.07. The molecule has 0 aromatic rings. The van der Waals surface area contributed by atoms with E-state index in [9.17, 15) is 14.7 Å². The van der Waals surface area contributed by atoms with Gasteiger partial charge in [-0.25, -0.2) is 4.79 Å². The molecular formula is C14H24N2O3. The van der Waals surface area contributed by atoms with Crippen LogP contribution in [0.1, 0.15) is 45.4 Å². The summed E-state index contributed by atoms with van der Waals surface area (Å²) in [5, 5.41) is 12.3. The SMILES string of the molecule is CCC1(C(=O)O)CCN(C(=O)NCC2CCCC2)C1. The Morgan fingerprint density at radius 2 is 2.05 bits per heavy atom. The Labute approximate surface area is 114 Å². The topological polar surface area (TPSA) is 69.6 Å². The molecule has 1 unspecified atom stereocenters. The number of amides is 2. The summed E-state index contributed by atoms with van der Waals surface area (Å²) < 4.78 is 0. The van der Waals surface area contributed by atoms with Gasteiger partial charge in [-0.1, -0.05) is 19.8 Å². The quantitative estimate of drug-likeness (QED) is 0.820. The van der Waals surface area contributed by atoms with Crippen molar-refractivity contribution in [3.05, 3.63) is 0 Å². The second kappa shape index (κ2) is 5.80. The minimum absolute atomic E-state index is 0.0940. The van der Waals surface area contributed by atoms with Gasteiger partial charge in [-0.3, -0.25) is 4.79 Å². The van der Waals surface area contributed by atoms with Gasteiger partial charge >= 0.3 is 12.0 Å². The van der Waals surface area contributed by atoms with E-state index in [1.807, 2.05) is 6.92 Å².